The van der Waals surface area contributed by atoms with Gasteiger partial charge in [0.15, 0.2) is 6.61 Å². The fourth-order valence-corrected chi connectivity index (χ4v) is 0.486. The highest BCUT2D eigenvalue weighted by atomic mass is 32.1. The lowest BCUT2D eigenvalue weighted by Gasteiger charge is -2.18. The summed E-state index contributed by atoms with van der Waals surface area (Å²) in [4.78, 5) is 20.9. The van der Waals surface area contributed by atoms with Crippen LogP contribution in [-0.2, 0) is 14.3 Å². The minimum atomic E-state index is -1.22. The van der Waals surface area contributed by atoms with Crippen molar-refractivity contribution in [1.82, 2.24) is 0 Å². The number of nitrogens with two attached hydrogens (primary N) is 1. The third-order valence-corrected chi connectivity index (χ3v) is 1.78. The first-order chi connectivity index (χ1) is 5.40. The molecule has 0 radical (unpaired) electrons. The van der Waals surface area contributed by atoms with Gasteiger partial charge in [0.2, 0.25) is 0 Å². The number of esters is 1. The molecule has 1 atom stereocenters. The van der Waals surface area contributed by atoms with E-state index >= 15 is 0 Å². The Morgan fingerprint density at radius 1 is 1.67 bits per heavy atom. The molecule has 0 rings (SSSR count). The van der Waals surface area contributed by atoms with Crippen molar-refractivity contribution in [3.05, 3.63) is 0 Å². The molecule has 0 aliphatic carbocycles. The molecule has 0 spiro atoms. The van der Waals surface area contributed by atoms with Crippen LogP contribution < -0.4 is 5.73 Å². The van der Waals surface area contributed by atoms with Crippen LogP contribution >= 0.6 is 12.6 Å². The Morgan fingerprint density at radius 2 is 2.17 bits per heavy atom. The molecule has 0 fully saturated rings. The Labute approximate surface area is 75.3 Å². The quantitative estimate of drug-likeness (QED) is 0.404. The number of hydrogen-bond donors (Lipinski definition) is 3. The highest BCUT2D eigenvalue weighted by Gasteiger charge is 2.28. The molecule has 0 aromatic carbocycles. The SMILES string of the molecule is C[C@](N)(CS)C(=O)OCC(=O)O. The summed E-state index contributed by atoms with van der Waals surface area (Å²) in [5.74, 6) is -1.87. The van der Waals surface area contributed by atoms with Gasteiger partial charge in [-0.25, -0.2) is 4.79 Å². The van der Waals surface area contributed by atoms with Crippen molar-refractivity contribution in [3.63, 3.8) is 0 Å². The smallest absolute Gasteiger partial charge is 0.341 e. The summed E-state index contributed by atoms with van der Waals surface area (Å²) in [6.45, 7) is 0.754. The van der Waals surface area contributed by atoms with Crippen LogP contribution in [0.2, 0.25) is 0 Å². The van der Waals surface area contributed by atoms with Gasteiger partial charge in [0.25, 0.3) is 0 Å². The molecule has 0 amide bonds. The lowest BCUT2D eigenvalue weighted by atomic mass is 10.1. The number of carbonyl (C=O) groups is 2. The van der Waals surface area contributed by atoms with E-state index < -0.39 is 24.1 Å². The molecule has 0 bridgehead atoms. The van der Waals surface area contributed by atoms with E-state index in [4.69, 9.17) is 10.8 Å². The Hall–Kier alpha value is -0.750. The highest BCUT2D eigenvalue weighted by Crippen LogP contribution is 2.03. The summed E-state index contributed by atoms with van der Waals surface area (Å²) in [6, 6.07) is 0. The molecule has 0 aliphatic heterocycles. The number of carboxylic acids is 1. The van der Waals surface area contributed by atoms with Crippen molar-refractivity contribution in [2.24, 2.45) is 5.73 Å². The average Bonchev–Trinajstić information content (AvgIpc) is 2.00. The minimum absolute atomic E-state index is 0.103. The maximum absolute atomic E-state index is 10.9. The molecule has 0 aromatic heterocycles. The molecule has 0 aromatic rings. The Morgan fingerprint density at radius 3 is 2.50 bits per heavy atom. The van der Waals surface area contributed by atoms with Gasteiger partial charge in [-0.2, -0.15) is 12.6 Å². The molecular formula is C6H11NO4S. The van der Waals surface area contributed by atoms with Crippen molar-refractivity contribution in [3.8, 4) is 0 Å². The Kier molecular flexibility index (Phi) is 4.05. The van der Waals surface area contributed by atoms with E-state index in [9.17, 15) is 9.59 Å². The van der Waals surface area contributed by atoms with Crippen LogP contribution in [0.5, 0.6) is 0 Å². The van der Waals surface area contributed by atoms with E-state index in [0.717, 1.165) is 0 Å². The molecule has 12 heavy (non-hydrogen) atoms. The normalized spacial score (nSPS) is 14.9. The van der Waals surface area contributed by atoms with Gasteiger partial charge in [-0.3, -0.25) is 4.79 Å². The van der Waals surface area contributed by atoms with Crippen LogP contribution in [0.15, 0.2) is 0 Å². The fourth-order valence-electron chi connectivity index (χ4n) is 0.357. The molecule has 3 N–H and O–H groups in total. The second-order valence-corrected chi connectivity index (χ2v) is 2.86. The number of carboxylic acid groups (broad SMARTS) is 1. The van der Waals surface area contributed by atoms with Crippen molar-refractivity contribution in [2.75, 3.05) is 12.4 Å². The molecule has 0 saturated heterocycles. The fraction of sp³-hybridized carbons (Fsp3) is 0.667. The standard InChI is InChI=1S/C6H11NO4S/c1-6(7,3-12)5(10)11-2-4(8)9/h12H,2-3,7H2,1H3,(H,8,9)/t6-/m0/s1. The minimum Gasteiger partial charge on any atom is -0.479 e. The van der Waals surface area contributed by atoms with Gasteiger partial charge in [0, 0.05) is 5.75 Å². The van der Waals surface area contributed by atoms with Crippen LogP contribution in [0.4, 0.5) is 0 Å². The second kappa shape index (κ2) is 4.32. The van der Waals surface area contributed by atoms with Crippen molar-refractivity contribution >= 4 is 24.6 Å². The lowest BCUT2D eigenvalue weighted by Crippen LogP contribution is -2.48. The van der Waals surface area contributed by atoms with Gasteiger partial charge in [0.05, 0.1) is 0 Å². The van der Waals surface area contributed by atoms with Gasteiger partial charge in [-0.05, 0) is 6.92 Å². The maximum Gasteiger partial charge on any atom is 0.341 e. The zero-order valence-corrected chi connectivity index (χ0v) is 7.51. The van der Waals surface area contributed by atoms with Crippen molar-refractivity contribution < 1.29 is 19.4 Å². The maximum atomic E-state index is 10.9. The van der Waals surface area contributed by atoms with E-state index in [2.05, 4.69) is 17.4 Å². The predicted octanol–water partition coefficient (Wildman–Crippen LogP) is -0.739. The van der Waals surface area contributed by atoms with E-state index in [1.54, 1.807) is 0 Å². The number of aliphatic carboxylic acids is 1. The number of ether oxygens (including phenoxy) is 1. The van der Waals surface area contributed by atoms with Crippen LogP contribution in [0.25, 0.3) is 0 Å². The summed E-state index contributed by atoms with van der Waals surface area (Å²) in [7, 11) is 0. The first-order valence-electron chi connectivity index (χ1n) is 3.19. The summed E-state index contributed by atoms with van der Waals surface area (Å²) in [5.41, 5.74) is 4.18. The van der Waals surface area contributed by atoms with Crippen LogP contribution in [0.1, 0.15) is 6.92 Å². The van der Waals surface area contributed by atoms with Crippen LogP contribution in [0, 0.1) is 0 Å². The largest absolute Gasteiger partial charge is 0.479 e. The van der Waals surface area contributed by atoms with E-state index in [-0.39, 0.29) is 5.75 Å². The summed E-state index contributed by atoms with van der Waals surface area (Å²) in [6.07, 6.45) is 0. The summed E-state index contributed by atoms with van der Waals surface area (Å²) >= 11 is 3.81. The zero-order valence-electron chi connectivity index (χ0n) is 6.61. The van der Waals surface area contributed by atoms with Crippen LogP contribution in [0.3, 0.4) is 0 Å². The first-order valence-corrected chi connectivity index (χ1v) is 3.82. The number of hydrogen-bond acceptors (Lipinski definition) is 5. The number of thiol groups is 1. The monoisotopic (exact) mass is 193 g/mol. The topological polar surface area (TPSA) is 89.6 Å². The van der Waals surface area contributed by atoms with E-state index in [1.807, 2.05) is 0 Å². The molecule has 5 nitrogen and oxygen atoms in total. The molecule has 0 heterocycles. The zero-order chi connectivity index (χ0) is 9.78. The van der Waals surface area contributed by atoms with Crippen LogP contribution in [-0.4, -0.2) is 34.9 Å². The van der Waals surface area contributed by atoms with E-state index in [0.29, 0.717) is 0 Å². The van der Waals surface area contributed by atoms with Gasteiger partial charge in [-0.1, -0.05) is 0 Å². The van der Waals surface area contributed by atoms with Gasteiger partial charge in [0.1, 0.15) is 5.54 Å². The summed E-state index contributed by atoms with van der Waals surface area (Å²) < 4.78 is 4.35. The van der Waals surface area contributed by atoms with Gasteiger partial charge < -0.3 is 15.6 Å². The van der Waals surface area contributed by atoms with E-state index in [1.165, 1.54) is 6.92 Å². The third-order valence-electron chi connectivity index (χ3n) is 1.12. The van der Waals surface area contributed by atoms with Crippen molar-refractivity contribution in [1.29, 1.82) is 0 Å². The lowest BCUT2D eigenvalue weighted by molar-refractivity contribution is -0.158. The molecule has 70 valence electrons. The molecule has 0 unspecified atom stereocenters. The molecule has 0 saturated carbocycles. The first kappa shape index (κ1) is 11.2. The van der Waals surface area contributed by atoms with Gasteiger partial charge in [-0.15, -0.1) is 0 Å². The van der Waals surface area contributed by atoms with Gasteiger partial charge >= 0.3 is 11.9 Å². The summed E-state index contributed by atoms with van der Waals surface area (Å²) in [5, 5.41) is 8.16. The molecule has 0 aliphatic rings. The van der Waals surface area contributed by atoms with Crippen molar-refractivity contribution in [2.45, 2.75) is 12.5 Å². The predicted molar refractivity (Wildman–Crippen MR) is 45.0 cm³/mol. The molecular weight excluding hydrogens is 182 g/mol. The third kappa shape index (κ3) is 3.59. The molecule has 6 heteroatoms. The second-order valence-electron chi connectivity index (χ2n) is 2.55. The number of rotatable bonds is 4. The Bertz CT molecular complexity index is 192. The Balaban J connectivity index is 3.96. The average molecular weight is 193 g/mol. The highest BCUT2D eigenvalue weighted by molar-refractivity contribution is 7.80. The number of carbonyl (C=O) groups excluding carboxylic acids is 1.